The lowest BCUT2D eigenvalue weighted by atomic mass is 9.73. The predicted molar refractivity (Wildman–Crippen MR) is 112 cm³/mol. The number of ether oxygens (including phenoxy) is 3. The van der Waals surface area contributed by atoms with Crippen LogP contribution in [0.4, 0.5) is 0 Å². The first-order valence-electron chi connectivity index (χ1n) is 9.96. The van der Waals surface area contributed by atoms with Crippen molar-refractivity contribution >= 4 is 11.7 Å². The molecule has 6 nitrogen and oxygen atoms in total. The van der Waals surface area contributed by atoms with Crippen molar-refractivity contribution in [3.63, 3.8) is 0 Å². The number of rotatable bonds is 5. The Morgan fingerprint density at radius 1 is 0.833 bits per heavy atom. The molecule has 2 aromatic rings. The van der Waals surface area contributed by atoms with E-state index in [0.717, 1.165) is 11.1 Å². The molecule has 4 rings (SSSR count). The zero-order valence-corrected chi connectivity index (χ0v) is 17.4. The monoisotopic (exact) mass is 407 g/mol. The fraction of sp³-hybridized carbons (Fsp3) is 0.333. The highest BCUT2D eigenvalue weighted by Crippen LogP contribution is 2.46. The molecule has 0 saturated carbocycles. The summed E-state index contributed by atoms with van der Waals surface area (Å²) < 4.78 is 16.4. The quantitative estimate of drug-likeness (QED) is 0.818. The number of carbonyl (C=O) groups excluding carboxylic acids is 2. The molecule has 0 spiro atoms. The molecular formula is C24H25NO5. The molecule has 0 aromatic heterocycles. The number of hydrogen-bond acceptors (Lipinski definition) is 5. The highest BCUT2D eigenvalue weighted by molar-refractivity contribution is 6.02. The summed E-state index contributed by atoms with van der Waals surface area (Å²) in [5, 5.41) is 2.96. The van der Waals surface area contributed by atoms with Gasteiger partial charge in [-0.1, -0.05) is 18.2 Å². The van der Waals surface area contributed by atoms with E-state index < -0.39 is 0 Å². The van der Waals surface area contributed by atoms with Crippen molar-refractivity contribution in [1.29, 1.82) is 0 Å². The van der Waals surface area contributed by atoms with Crippen LogP contribution >= 0.6 is 0 Å². The Balaban J connectivity index is 1.75. The summed E-state index contributed by atoms with van der Waals surface area (Å²) in [4.78, 5) is 25.9. The van der Waals surface area contributed by atoms with Crippen LogP contribution in [0.3, 0.4) is 0 Å². The molecule has 0 unspecified atom stereocenters. The summed E-state index contributed by atoms with van der Waals surface area (Å²) in [5.41, 5.74) is 3.17. The van der Waals surface area contributed by atoms with E-state index in [1.807, 2.05) is 42.5 Å². The summed E-state index contributed by atoms with van der Waals surface area (Å²) in [6.07, 6.45) is 1.14. The number of para-hydroxylation sites is 1. The van der Waals surface area contributed by atoms with E-state index in [1.54, 1.807) is 21.3 Å². The summed E-state index contributed by atoms with van der Waals surface area (Å²) in [6.45, 7) is 0. The van der Waals surface area contributed by atoms with Gasteiger partial charge in [-0.3, -0.25) is 9.59 Å². The number of carbonyl (C=O) groups is 2. The van der Waals surface area contributed by atoms with Crippen LogP contribution in [0.5, 0.6) is 17.2 Å². The van der Waals surface area contributed by atoms with E-state index in [4.69, 9.17) is 14.2 Å². The number of benzene rings is 2. The van der Waals surface area contributed by atoms with Crippen molar-refractivity contribution in [2.75, 3.05) is 21.3 Å². The number of methoxy groups -OCH3 is 3. The highest BCUT2D eigenvalue weighted by atomic mass is 16.5. The first-order valence-corrected chi connectivity index (χ1v) is 9.96. The largest absolute Gasteiger partial charge is 0.497 e. The first-order chi connectivity index (χ1) is 14.5. The van der Waals surface area contributed by atoms with Gasteiger partial charge in [0.1, 0.15) is 17.2 Å². The molecule has 0 fully saturated rings. The van der Waals surface area contributed by atoms with Crippen LogP contribution in [-0.2, 0) is 9.59 Å². The third kappa shape index (κ3) is 3.54. The Kier molecular flexibility index (Phi) is 5.48. The molecule has 1 aliphatic carbocycles. The summed E-state index contributed by atoms with van der Waals surface area (Å²) in [5.74, 6) is 1.66. The number of nitrogens with one attached hydrogen (secondary N) is 1. The van der Waals surface area contributed by atoms with Crippen LogP contribution in [0, 0.1) is 0 Å². The summed E-state index contributed by atoms with van der Waals surface area (Å²) in [6, 6.07) is 13.2. The second-order valence-corrected chi connectivity index (χ2v) is 7.58. The van der Waals surface area contributed by atoms with Crippen LogP contribution in [0.25, 0.3) is 0 Å². The van der Waals surface area contributed by atoms with E-state index in [1.165, 1.54) is 0 Å². The van der Waals surface area contributed by atoms with Crippen LogP contribution in [0.1, 0.15) is 42.2 Å². The fourth-order valence-corrected chi connectivity index (χ4v) is 4.56. The van der Waals surface area contributed by atoms with Crippen LogP contribution in [-0.4, -0.2) is 33.0 Å². The molecule has 1 heterocycles. The predicted octanol–water partition coefficient (Wildman–Crippen LogP) is 3.72. The van der Waals surface area contributed by atoms with E-state index in [0.29, 0.717) is 41.4 Å². The zero-order valence-electron chi connectivity index (χ0n) is 17.4. The van der Waals surface area contributed by atoms with Gasteiger partial charge >= 0.3 is 0 Å². The van der Waals surface area contributed by atoms with Crippen LogP contribution in [0.15, 0.2) is 53.7 Å². The molecule has 1 N–H and O–H groups in total. The van der Waals surface area contributed by atoms with Gasteiger partial charge in [0.25, 0.3) is 0 Å². The maximum Gasteiger partial charge on any atom is 0.225 e. The SMILES string of the molecule is COc1ccc(OC)c([C@@H]2CC(=O)C3=C(C2)NC(=O)C[C@@H]3c2ccccc2OC)c1. The van der Waals surface area contributed by atoms with Crippen molar-refractivity contribution in [2.45, 2.75) is 31.1 Å². The topological polar surface area (TPSA) is 73.9 Å². The molecule has 2 atom stereocenters. The minimum Gasteiger partial charge on any atom is -0.497 e. The molecule has 1 amide bonds. The second-order valence-electron chi connectivity index (χ2n) is 7.58. The molecule has 156 valence electrons. The average Bonchev–Trinajstić information content (AvgIpc) is 2.77. The van der Waals surface area contributed by atoms with Gasteiger partial charge in [-0.2, -0.15) is 0 Å². The van der Waals surface area contributed by atoms with E-state index in [9.17, 15) is 9.59 Å². The number of ketones is 1. The standard InChI is InChI=1S/C24H25NO5/c1-28-15-8-9-22(30-3)17(12-15)14-10-19-24(20(26)11-14)18(13-23(27)25-19)16-6-4-5-7-21(16)29-2/h4-9,12,14,18H,10-11,13H2,1-3H3,(H,25,27)/t14-,18+/m0/s1. The van der Waals surface area contributed by atoms with Crippen molar-refractivity contribution in [3.05, 3.63) is 64.9 Å². The van der Waals surface area contributed by atoms with E-state index in [2.05, 4.69) is 5.32 Å². The van der Waals surface area contributed by atoms with Gasteiger partial charge in [-0.05, 0) is 30.7 Å². The van der Waals surface area contributed by atoms with Crippen molar-refractivity contribution in [1.82, 2.24) is 5.32 Å². The third-order valence-electron chi connectivity index (χ3n) is 5.93. The van der Waals surface area contributed by atoms with Gasteiger partial charge in [0.05, 0.1) is 21.3 Å². The average molecular weight is 407 g/mol. The molecule has 0 radical (unpaired) electrons. The van der Waals surface area contributed by atoms with Crippen molar-refractivity contribution < 1.29 is 23.8 Å². The van der Waals surface area contributed by atoms with Gasteiger partial charge < -0.3 is 19.5 Å². The molecule has 30 heavy (non-hydrogen) atoms. The smallest absolute Gasteiger partial charge is 0.225 e. The van der Waals surface area contributed by atoms with Gasteiger partial charge in [-0.15, -0.1) is 0 Å². The Morgan fingerprint density at radius 3 is 2.30 bits per heavy atom. The van der Waals surface area contributed by atoms with Gasteiger partial charge in [0.15, 0.2) is 5.78 Å². The van der Waals surface area contributed by atoms with Crippen LogP contribution in [0.2, 0.25) is 0 Å². The first kappa shape index (κ1) is 20.0. The Hall–Kier alpha value is -3.28. The highest BCUT2D eigenvalue weighted by Gasteiger charge is 2.39. The van der Waals surface area contributed by atoms with E-state index in [-0.39, 0.29) is 29.9 Å². The second kappa shape index (κ2) is 8.22. The van der Waals surface area contributed by atoms with Gasteiger partial charge in [0, 0.05) is 47.1 Å². The Labute approximate surface area is 175 Å². The summed E-state index contributed by atoms with van der Waals surface area (Å²) >= 11 is 0. The summed E-state index contributed by atoms with van der Waals surface area (Å²) in [7, 11) is 4.82. The molecule has 6 heteroatoms. The number of hydrogen-bond donors (Lipinski definition) is 1. The Bertz CT molecular complexity index is 1030. The molecule has 0 bridgehead atoms. The maximum atomic E-state index is 13.3. The normalized spacial score (nSPS) is 21.0. The lowest BCUT2D eigenvalue weighted by molar-refractivity contribution is -0.122. The molecule has 1 aliphatic heterocycles. The number of Topliss-reactive ketones (excluding diaryl/α,β-unsaturated/α-hetero) is 1. The minimum atomic E-state index is -0.300. The van der Waals surface area contributed by atoms with E-state index >= 15 is 0 Å². The van der Waals surface area contributed by atoms with Crippen LogP contribution < -0.4 is 19.5 Å². The maximum absolute atomic E-state index is 13.3. The molecule has 2 aromatic carbocycles. The van der Waals surface area contributed by atoms with Crippen molar-refractivity contribution in [3.8, 4) is 17.2 Å². The Morgan fingerprint density at radius 2 is 1.57 bits per heavy atom. The lowest BCUT2D eigenvalue weighted by Crippen LogP contribution is -2.38. The number of allylic oxidation sites excluding steroid dienone is 2. The molecule has 0 saturated heterocycles. The molecular weight excluding hydrogens is 382 g/mol. The third-order valence-corrected chi connectivity index (χ3v) is 5.93. The number of amides is 1. The zero-order chi connectivity index (χ0) is 21.3. The van der Waals surface area contributed by atoms with Gasteiger partial charge in [-0.25, -0.2) is 0 Å². The van der Waals surface area contributed by atoms with Gasteiger partial charge in [0.2, 0.25) is 5.91 Å². The fourth-order valence-electron chi connectivity index (χ4n) is 4.56. The van der Waals surface area contributed by atoms with Crippen molar-refractivity contribution in [2.24, 2.45) is 0 Å². The minimum absolute atomic E-state index is 0.0435. The molecule has 2 aliphatic rings. The lowest BCUT2D eigenvalue weighted by Gasteiger charge is -2.35.